The monoisotopic (exact) mass is 582 g/mol. The summed E-state index contributed by atoms with van der Waals surface area (Å²) in [6, 6.07) is 6.94. The molecule has 1 saturated heterocycles. The molecule has 5 aliphatic carbocycles. The fourth-order valence-electron chi connectivity index (χ4n) is 11.7. The average molecular weight is 583 g/mol. The van der Waals surface area contributed by atoms with E-state index < -0.39 is 10.1 Å². The van der Waals surface area contributed by atoms with Gasteiger partial charge < -0.3 is 4.74 Å². The summed E-state index contributed by atoms with van der Waals surface area (Å²) < 4.78 is 38.6. The number of carbonyl (C=O) groups excluding carboxylic acids is 1. The molecule has 7 rings (SSSR count). The van der Waals surface area contributed by atoms with Crippen LogP contribution < -0.4 is 0 Å². The van der Waals surface area contributed by atoms with Crippen LogP contribution >= 0.6 is 0 Å². The minimum absolute atomic E-state index is 0.00606. The first-order valence-corrected chi connectivity index (χ1v) is 18.0. The maximum absolute atomic E-state index is 14.4. The van der Waals surface area contributed by atoms with Crippen molar-refractivity contribution in [2.24, 2.45) is 58.2 Å². The third-order valence-corrected chi connectivity index (χ3v) is 15.4. The van der Waals surface area contributed by atoms with Crippen molar-refractivity contribution in [3.8, 4) is 0 Å². The van der Waals surface area contributed by atoms with Crippen molar-refractivity contribution in [1.82, 2.24) is 0 Å². The number of hydrogen-bond acceptors (Lipinski definition) is 5. The third kappa shape index (κ3) is 4.19. The zero-order valence-corrected chi connectivity index (χ0v) is 26.5. The highest BCUT2D eigenvalue weighted by molar-refractivity contribution is 7.86. The lowest BCUT2D eigenvalue weighted by atomic mass is 9.44. The van der Waals surface area contributed by atoms with Gasteiger partial charge in [-0.05, 0) is 130 Å². The van der Waals surface area contributed by atoms with Gasteiger partial charge in [0.05, 0.1) is 16.6 Å². The van der Waals surface area contributed by atoms with E-state index in [1.807, 2.05) is 19.1 Å². The zero-order chi connectivity index (χ0) is 28.9. The van der Waals surface area contributed by atoms with Crippen molar-refractivity contribution in [2.45, 2.75) is 115 Å². The summed E-state index contributed by atoms with van der Waals surface area (Å²) in [5.41, 5.74) is 0.894. The van der Waals surface area contributed by atoms with Crippen LogP contribution in [0.2, 0.25) is 0 Å². The Kier molecular flexibility index (Phi) is 6.70. The van der Waals surface area contributed by atoms with Crippen LogP contribution in [0.25, 0.3) is 0 Å². The van der Waals surface area contributed by atoms with E-state index in [1.165, 1.54) is 19.3 Å². The van der Waals surface area contributed by atoms with Gasteiger partial charge in [0.2, 0.25) is 0 Å². The smallest absolute Gasteiger partial charge is 0.297 e. The molecule has 1 aliphatic heterocycles. The predicted molar refractivity (Wildman–Crippen MR) is 159 cm³/mol. The molecule has 5 nitrogen and oxygen atoms in total. The number of ketones is 1. The number of fused-ring (bicyclic) bond motifs is 7. The summed E-state index contributed by atoms with van der Waals surface area (Å²) in [4.78, 5) is 14.6. The molecule has 0 aromatic heterocycles. The summed E-state index contributed by atoms with van der Waals surface area (Å²) in [6.45, 7) is 12.3. The predicted octanol–water partition coefficient (Wildman–Crippen LogP) is 7.36. The topological polar surface area (TPSA) is 69.7 Å². The second kappa shape index (κ2) is 9.63. The normalized spacial score (nSPS) is 49.3. The first-order chi connectivity index (χ1) is 19.4. The van der Waals surface area contributed by atoms with Crippen molar-refractivity contribution >= 4 is 15.9 Å². The van der Waals surface area contributed by atoms with Crippen LogP contribution in [0.4, 0.5) is 0 Å². The molecule has 41 heavy (non-hydrogen) atoms. The Hall–Kier alpha value is -1.24. The van der Waals surface area contributed by atoms with Crippen molar-refractivity contribution in [1.29, 1.82) is 0 Å². The maximum Gasteiger partial charge on any atom is 0.297 e. The highest BCUT2D eigenvalue weighted by atomic mass is 32.2. The fourth-order valence-corrected chi connectivity index (χ4v) is 12.9. The van der Waals surface area contributed by atoms with E-state index in [-0.39, 0.29) is 27.4 Å². The number of Topliss-reactive ketones (excluding diaryl/α,β-unsaturated/α-hetero) is 1. The van der Waals surface area contributed by atoms with Gasteiger partial charge in [-0.25, -0.2) is 0 Å². The number of rotatable bonds is 3. The first kappa shape index (κ1) is 28.5. The van der Waals surface area contributed by atoms with Crippen molar-refractivity contribution in [3.05, 3.63) is 29.8 Å². The third-order valence-electron chi connectivity index (χ3n) is 14.0. The van der Waals surface area contributed by atoms with Gasteiger partial charge in [-0.2, -0.15) is 8.42 Å². The Labute approximate surface area is 247 Å². The molecule has 0 radical (unpaired) electrons. The molecular formula is C35H50O5S. The maximum atomic E-state index is 14.4. The second-order valence-corrected chi connectivity index (χ2v) is 17.4. The lowest BCUT2D eigenvalue weighted by Gasteiger charge is -2.60. The summed E-state index contributed by atoms with van der Waals surface area (Å²) >= 11 is 0. The van der Waals surface area contributed by atoms with E-state index in [1.54, 1.807) is 12.1 Å². The van der Waals surface area contributed by atoms with E-state index in [0.29, 0.717) is 59.5 Å². The Morgan fingerprint density at radius 1 is 0.951 bits per heavy atom. The lowest BCUT2D eigenvalue weighted by Crippen LogP contribution is -2.58. The fraction of sp³-hybridized carbons (Fsp3) is 0.800. The van der Waals surface area contributed by atoms with E-state index in [0.717, 1.165) is 50.7 Å². The molecule has 1 heterocycles. The number of carbonyl (C=O) groups is 1. The molecule has 0 unspecified atom stereocenters. The average Bonchev–Trinajstić information content (AvgIpc) is 3.38. The molecule has 1 spiro atoms. The van der Waals surface area contributed by atoms with Crippen LogP contribution in [0.3, 0.4) is 0 Å². The van der Waals surface area contributed by atoms with Crippen LogP contribution in [-0.2, 0) is 23.8 Å². The van der Waals surface area contributed by atoms with Crippen LogP contribution in [-0.4, -0.2) is 32.5 Å². The van der Waals surface area contributed by atoms with E-state index in [9.17, 15) is 13.2 Å². The van der Waals surface area contributed by atoms with E-state index >= 15 is 0 Å². The summed E-state index contributed by atoms with van der Waals surface area (Å²) in [6.07, 6.45) is 9.95. The van der Waals surface area contributed by atoms with E-state index in [4.69, 9.17) is 8.92 Å². The molecule has 1 aromatic rings. The molecule has 6 fully saturated rings. The minimum atomic E-state index is -3.78. The second-order valence-electron chi connectivity index (χ2n) is 15.9. The molecule has 5 saturated carbocycles. The number of ether oxygens (including phenoxy) is 1. The Morgan fingerprint density at radius 3 is 2.41 bits per heavy atom. The van der Waals surface area contributed by atoms with Crippen LogP contribution in [0.15, 0.2) is 29.2 Å². The zero-order valence-electron chi connectivity index (χ0n) is 25.7. The van der Waals surface area contributed by atoms with Crippen LogP contribution in [0.5, 0.6) is 0 Å². The minimum Gasteiger partial charge on any atom is -0.374 e. The number of aryl methyl sites for hydroxylation is 1. The quantitative estimate of drug-likeness (QED) is 0.348. The van der Waals surface area contributed by atoms with Gasteiger partial charge >= 0.3 is 0 Å². The van der Waals surface area contributed by atoms with Crippen molar-refractivity contribution in [3.63, 3.8) is 0 Å². The van der Waals surface area contributed by atoms with Crippen molar-refractivity contribution < 1.29 is 22.1 Å². The molecule has 0 amide bonds. The summed E-state index contributed by atoms with van der Waals surface area (Å²) in [5.74, 6) is 4.59. The first-order valence-electron chi connectivity index (χ1n) is 16.5. The van der Waals surface area contributed by atoms with Crippen LogP contribution in [0, 0.1) is 65.1 Å². The molecule has 0 N–H and O–H groups in total. The molecule has 226 valence electrons. The Balaban J connectivity index is 1.08. The van der Waals surface area contributed by atoms with Gasteiger partial charge in [-0.1, -0.05) is 45.4 Å². The molecule has 6 heteroatoms. The van der Waals surface area contributed by atoms with Gasteiger partial charge in [-0.3, -0.25) is 8.98 Å². The summed E-state index contributed by atoms with van der Waals surface area (Å²) in [5, 5.41) is 0. The Bertz CT molecular complexity index is 1300. The van der Waals surface area contributed by atoms with Gasteiger partial charge in [0.1, 0.15) is 5.78 Å². The lowest BCUT2D eigenvalue weighted by molar-refractivity contribution is -0.167. The standard InChI is InChI=1S/C35H50O5S/c1-21-6-9-27(10-7-21)41(37,38)40-26-13-14-33(4)25(17-26)8-11-28-29(33)18-31(36)34(5)30(28)16-24-19-35(23(3)32(24)34)15-12-22(2)20-39-35/h6-7,9-10,22-26,28-30,32H,8,11-20H2,1-5H3/t22-,23-,24+,25+,26+,28+,29-,30-,32-,33+,34-,35+/m1/s1. The number of hydrogen-bond donors (Lipinski definition) is 0. The summed E-state index contributed by atoms with van der Waals surface area (Å²) in [7, 11) is -3.78. The van der Waals surface area contributed by atoms with Gasteiger partial charge in [0, 0.05) is 18.4 Å². The van der Waals surface area contributed by atoms with E-state index in [2.05, 4.69) is 27.7 Å². The molecule has 6 aliphatic rings. The van der Waals surface area contributed by atoms with Gasteiger partial charge in [-0.15, -0.1) is 0 Å². The highest BCUT2D eigenvalue weighted by Crippen LogP contribution is 2.72. The van der Waals surface area contributed by atoms with Crippen molar-refractivity contribution in [2.75, 3.05) is 6.61 Å². The largest absolute Gasteiger partial charge is 0.374 e. The van der Waals surface area contributed by atoms with Gasteiger partial charge in [0.25, 0.3) is 10.1 Å². The molecule has 0 bridgehead atoms. The van der Waals surface area contributed by atoms with Crippen LogP contribution in [0.1, 0.15) is 97.5 Å². The highest BCUT2D eigenvalue weighted by Gasteiger charge is 2.70. The molecular weight excluding hydrogens is 532 g/mol. The Morgan fingerprint density at radius 2 is 1.71 bits per heavy atom. The molecule has 1 aromatic carbocycles. The molecule has 12 atom stereocenters. The SMILES string of the molecule is Cc1ccc(S(=O)(=O)O[C@H]2CC[C@@]3(C)[C@@H](CC[C@H]4[C@H]3CC(=O)[C@]3(C)[C@H]5[C@@H](C[C@H]43)C[C@@]3(CC[C@@H](C)CO3)[C@@H]5C)C2)cc1. The van der Waals surface area contributed by atoms with Gasteiger partial charge in [0.15, 0.2) is 0 Å². The number of benzene rings is 1.